The van der Waals surface area contributed by atoms with Crippen molar-refractivity contribution in [1.82, 2.24) is 4.98 Å². The van der Waals surface area contributed by atoms with Crippen LogP contribution >= 0.6 is 11.3 Å². The van der Waals surface area contributed by atoms with Gasteiger partial charge >= 0.3 is 0 Å². The summed E-state index contributed by atoms with van der Waals surface area (Å²) in [5.74, 6) is 1.27. The molecule has 3 aromatic rings. The van der Waals surface area contributed by atoms with Crippen molar-refractivity contribution < 1.29 is 23.8 Å². The molecule has 1 atom stereocenters. The summed E-state index contributed by atoms with van der Waals surface area (Å²) in [7, 11) is 0. The highest BCUT2D eigenvalue weighted by molar-refractivity contribution is 7.22. The van der Waals surface area contributed by atoms with Crippen LogP contribution in [0.15, 0.2) is 36.4 Å². The molecule has 0 saturated carbocycles. The van der Waals surface area contributed by atoms with Gasteiger partial charge in [-0.3, -0.25) is 9.59 Å². The van der Waals surface area contributed by atoms with Gasteiger partial charge in [-0.05, 0) is 37.3 Å². The van der Waals surface area contributed by atoms with E-state index in [9.17, 15) is 9.59 Å². The van der Waals surface area contributed by atoms with Gasteiger partial charge in [-0.1, -0.05) is 11.3 Å². The van der Waals surface area contributed by atoms with Crippen molar-refractivity contribution in [3.8, 4) is 17.2 Å². The predicted molar refractivity (Wildman–Crippen MR) is 112 cm³/mol. The van der Waals surface area contributed by atoms with E-state index in [2.05, 4.69) is 10.3 Å². The van der Waals surface area contributed by atoms with E-state index < -0.39 is 5.92 Å². The Bertz CT molecular complexity index is 1140. The Morgan fingerprint density at radius 3 is 3.00 bits per heavy atom. The number of amides is 2. The van der Waals surface area contributed by atoms with Gasteiger partial charge in [-0.2, -0.15) is 0 Å². The van der Waals surface area contributed by atoms with E-state index in [0.29, 0.717) is 35.5 Å². The zero-order valence-corrected chi connectivity index (χ0v) is 17.0. The lowest BCUT2D eigenvalue weighted by Crippen LogP contribution is -2.28. The second-order valence-electron chi connectivity index (χ2n) is 7.01. The number of nitrogens with one attached hydrogen (secondary N) is 1. The van der Waals surface area contributed by atoms with Crippen LogP contribution in [0.25, 0.3) is 10.2 Å². The number of thiazole rings is 1. The lowest BCUT2D eigenvalue weighted by Gasteiger charge is -2.17. The average Bonchev–Trinajstić information content (AvgIpc) is 3.44. The summed E-state index contributed by atoms with van der Waals surface area (Å²) in [6.45, 7) is 3.00. The van der Waals surface area contributed by atoms with Gasteiger partial charge in [0.1, 0.15) is 5.75 Å². The van der Waals surface area contributed by atoms with Crippen LogP contribution in [0.1, 0.15) is 13.3 Å². The van der Waals surface area contributed by atoms with Crippen LogP contribution in [0.5, 0.6) is 17.2 Å². The molecule has 3 heterocycles. The molecule has 8 nitrogen and oxygen atoms in total. The first-order chi connectivity index (χ1) is 14.6. The molecule has 0 aliphatic carbocycles. The second-order valence-corrected chi connectivity index (χ2v) is 8.04. The minimum absolute atomic E-state index is 0.0975. The van der Waals surface area contributed by atoms with Crippen molar-refractivity contribution in [2.75, 3.05) is 30.2 Å². The fraction of sp³-hybridized carbons (Fsp3) is 0.286. The molecule has 154 valence electrons. The van der Waals surface area contributed by atoms with Gasteiger partial charge in [0, 0.05) is 24.7 Å². The number of ether oxygens (including phenoxy) is 3. The molecule has 2 aliphatic rings. The Kier molecular flexibility index (Phi) is 4.66. The molecule has 9 heteroatoms. The molecule has 2 aliphatic heterocycles. The van der Waals surface area contributed by atoms with E-state index in [1.165, 1.54) is 11.3 Å². The maximum atomic E-state index is 12.8. The van der Waals surface area contributed by atoms with Crippen LogP contribution in [0, 0.1) is 5.92 Å². The van der Waals surface area contributed by atoms with Crippen molar-refractivity contribution in [2.45, 2.75) is 13.3 Å². The van der Waals surface area contributed by atoms with E-state index in [0.717, 1.165) is 16.0 Å². The van der Waals surface area contributed by atoms with E-state index in [-0.39, 0.29) is 25.0 Å². The van der Waals surface area contributed by atoms with Gasteiger partial charge in [0.05, 0.1) is 22.7 Å². The largest absolute Gasteiger partial charge is 0.494 e. The van der Waals surface area contributed by atoms with Crippen molar-refractivity contribution >= 4 is 44.2 Å². The minimum atomic E-state index is -0.450. The molecular weight excluding hydrogens is 406 g/mol. The summed E-state index contributed by atoms with van der Waals surface area (Å²) in [6.07, 6.45) is 0.152. The molecular formula is C21H19N3O5S. The first-order valence-corrected chi connectivity index (χ1v) is 10.5. The summed E-state index contributed by atoms with van der Waals surface area (Å²) in [6, 6.07) is 11.0. The summed E-state index contributed by atoms with van der Waals surface area (Å²) in [4.78, 5) is 31.4. The highest BCUT2D eigenvalue weighted by Crippen LogP contribution is 2.37. The fourth-order valence-electron chi connectivity index (χ4n) is 3.61. The fourth-order valence-corrected chi connectivity index (χ4v) is 4.51. The molecule has 1 unspecified atom stereocenters. The van der Waals surface area contributed by atoms with Gasteiger partial charge in [0.15, 0.2) is 16.6 Å². The zero-order valence-electron chi connectivity index (χ0n) is 16.2. The SMILES string of the molecule is CCOc1ccc2nc(NC(=O)C3CC(=O)N(c4ccc5c(c4)OCO5)C3)sc2c1. The third-order valence-corrected chi connectivity index (χ3v) is 6.00. The van der Waals surface area contributed by atoms with Crippen LogP contribution in [0.4, 0.5) is 10.8 Å². The topological polar surface area (TPSA) is 90.0 Å². The van der Waals surface area contributed by atoms with Gasteiger partial charge in [0.2, 0.25) is 18.6 Å². The number of hydrogen-bond acceptors (Lipinski definition) is 7. The zero-order chi connectivity index (χ0) is 20.7. The van der Waals surface area contributed by atoms with Crippen molar-refractivity contribution in [2.24, 2.45) is 5.92 Å². The number of carbonyl (C=O) groups is 2. The molecule has 0 bridgehead atoms. The van der Waals surface area contributed by atoms with Crippen molar-refractivity contribution in [3.63, 3.8) is 0 Å². The molecule has 0 spiro atoms. The molecule has 5 rings (SSSR count). The number of anilines is 2. The number of aromatic nitrogens is 1. The first kappa shape index (κ1) is 18.7. The Hall–Kier alpha value is -3.33. The molecule has 0 radical (unpaired) electrons. The highest BCUT2D eigenvalue weighted by Gasteiger charge is 2.36. The first-order valence-electron chi connectivity index (χ1n) is 9.65. The summed E-state index contributed by atoms with van der Waals surface area (Å²) < 4.78 is 17.1. The third kappa shape index (κ3) is 3.41. The molecule has 2 aromatic carbocycles. The second kappa shape index (κ2) is 7.49. The van der Waals surface area contributed by atoms with Gasteiger partial charge in [0.25, 0.3) is 0 Å². The molecule has 1 fully saturated rings. The standard InChI is InChI=1S/C21H19N3O5S/c1-2-27-14-4-5-15-18(9-14)30-21(22-15)23-20(26)12-7-19(25)24(10-12)13-3-6-16-17(8-13)29-11-28-16/h3-6,8-9,12H,2,7,10-11H2,1H3,(H,22,23,26). The number of nitrogens with zero attached hydrogens (tertiary/aromatic N) is 2. The van der Waals surface area contributed by atoms with Crippen LogP contribution < -0.4 is 24.4 Å². The van der Waals surface area contributed by atoms with Gasteiger partial charge in [-0.25, -0.2) is 4.98 Å². The predicted octanol–water partition coefficient (Wildman–Crippen LogP) is 3.42. The number of carbonyl (C=O) groups excluding carboxylic acids is 2. The van der Waals surface area contributed by atoms with Crippen molar-refractivity contribution in [3.05, 3.63) is 36.4 Å². The van der Waals surface area contributed by atoms with E-state index in [1.54, 1.807) is 23.1 Å². The highest BCUT2D eigenvalue weighted by atomic mass is 32.1. The normalized spacial score (nSPS) is 17.6. The Morgan fingerprint density at radius 1 is 1.27 bits per heavy atom. The molecule has 1 aromatic heterocycles. The number of benzene rings is 2. The lowest BCUT2D eigenvalue weighted by molar-refractivity contribution is -0.122. The Balaban J connectivity index is 1.29. The van der Waals surface area contributed by atoms with E-state index in [1.807, 2.05) is 25.1 Å². The minimum Gasteiger partial charge on any atom is -0.494 e. The maximum absolute atomic E-state index is 12.8. The van der Waals surface area contributed by atoms with E-state index >= 15 is 0 Å². The van der Waals surface area contributed by atoms with Gasteiger partial charge < -0.3 is 24.4 Å². The average molecular weight is 425 g/mol. The third-order valence-electron chi connectivity index (χ3n) is 5.06. The quantitative estimate of drug-likeness (QED) is 0.674. The lowest BCUT2D eigenvalue weighted by atomic mass is 10.1. The van der Waals surface area contributed by atoms with Crippen LogP contribution in [0.3, 0.4) is 0 Å². The number of hydrogen-bond donors (Lipinski definition) is 1. The van der Waals surface area contributed by atoms with Crippen LogP contribution in [0.2, 0.25) is 0 Å². The molecule has 30 heavy (non-hydrogen) atoms. The Morgan fingerprint density at radius 2 is 2.13 bits per heavy atom. The van der Waals surface area contributed by atoms with Crippen molar-refractivity contribution in [1.29, 1.82) is 0 Å². The summed E-state index contributed by atoms with van der Waals surface area (Å²) >= 11 is 1.38. The number of rotatable bonds is 5. The smallest absolute Gasteiger partial charge is 0.231 e. The Labute approximate surface area is 176 Å². The van der Waals surface area contributed by atoms with Crippen LogP contribution in [-0.2, 0) is 9.59 Å². The molecule has 1 N–H and O–H groups in total. The van der Waals surface area contributed by atoms with E-state index in [4.69, 9.17) is 14.2 Å². The molecule has 1 saturated heterocycles. The number of fused-ring (bicyclic) bond motifs is 2. The summed E-state index contributed by atoms with van der Waals surface area (Å²) in [5, 5.41) is 3.37. The van der Waals surface area contributed by atoms with Crippen LogP contribution in [-0.4, -0.2) is 36.7 Å². The maximum Gasteiger partial charge on any atom is 0.231 e. The van der Waals surface area contributed by atoms with Gasteiger partial charge in [-0.15, -0.1) is 0 Å². The monoisotopic (exact) mass is 425 g/mol. The summed E-state index contributed by atoms with van der Waals surface area (Å²) in [5.41, 5.74) is 1.49. The molecule has 2 amide bonds.